The highest BCUT2D eigenvalue weighted by molar-refractivity contribution is 6.20. The Kier molecular flexibility index (Phi) is 3.60. The lowest BCUT2D eigenvalue weighted by atomic mass is 10.1. The Labute approximate surface area is 91.6 Å². The van der Waals surface area contributed by atoms with Gasteiger partial charge in [0.05, 0.1) is 0 Å². The first kappa shape index (κ1) is 11.7. The number of hydrogen-bond acceptors (Lipinski definition) is 3. The van der Waals surface area contributed by atoms with Crippen molar-refractivity contribution in [1.29, 1.82) is 0 Å². The van der Waals surface area contributed by atoms with Crippen molar-refractivity contribution in [2.75, 3.05) is 5.32 Å². The van der Waals surface area contributed by atoms with Gasteiger partial charge in [0.25, 0.3) is 0 Å². The largest absolute Gasteiger partial charge is 0.369 e. The molecule has 0 unspecified atom stereocenters. The molecule has 1 aromatic rings. The van der Waals surface area contributed by atoms with E-state index in [1.165, 1.54) is 0 Å². The van der Waals surface area contributed by atoms with E-state index in [1.807, 2.05) is 0 Å². The zero-order valence-electron chi connectivity index (χ0n) is 8.34. The number of anilines is 1. The number of benzene rings is 1. The van der Waals surface area contributed by atoms with Crippen molar-refractivity contribution < 1.29 is 14.4 Å². The van der Waals surface area contributed by atoms with Crippen molar-refractivity contribution in [3.8, 4) is 0 Å². The summed E-state index contributed by atoms with van der Waals surface area (Å²) in [5.41, 5.74) is 10.2. The van der Waals surface area contributed by atoms with Crippen molar-refractivity contribution >= 4 is 23.4 Å². The molecule has 0 heterocycles. The van der Waals surface area contributed by atoms with Crippen LogP contribution in [-0.4, -0.2) is 17.7 Å². The van der Waals surface area contributed by atoms with Gasteiger partial charge in [-0.3, -0.25) is 14.4 Å². The molecular formula is C10H11N3O3. The van der Waals surface area contributed by atoms with Crippen LogP contribution < -0.4 is 16.8 Å². The van der Waals surface area contributed by atoms with Crippen molar-refractivity contribution in [2.24, 2.45) is 17.4 Å². The van der Waals surface area contributed by atoms with Crippen LogP contribution in [0, 0.1) is 5.92 Å². The third-order valence-electron chi connectivity index (χ3n) is 1.87. The summed E-state index contributed by atoms with van der Waals surface area (Å²) in [6.07, 6.45) is 0. The molecule has 0 saturated heterocycles. The van der Waals surface area contributed by atoms with Gasteiger partial charge in [-0.2, -0.15) is 0 Å². The summed E-state index contributed by atoms with van der Waals surface area (Å²) in [5.74, 6) is -4.62. The zero-order chi connectivity index (χ0) is 12.1. The molecule has 0 aliphatic carbocycles. The van der Waals surface area contributed by atoms with Crippen LogP contribution in [0.1, 0.15) is 0 Å². The number of carbonyl (C=O) groups excluding carboxylic acids is 3. The fraction of sp³-hybridized carbons (Fsp3) is 0.100. The van der Waals surface area contributed by atoms with Gasteiger partial charge in [-0.15, -0.1) is 0 Å². The molecule has 0 saturated carbocycles. The van der Waals surface area contributed by atoms with E-state index in [0.29, 0.717) is 5.69 Å². The maximum Gasteiger partial charge on any atom is 0.246 e. The highest BCUT2D eigenvalue weighted by atomic mass is 16.2. The number of para-hydroxylation sites is 1. The Morgan fingerprint density at radius 3 is 1.94 bits per heavy atom. The lowest BCUT2D eigenvalue weighted by Crippen LogP contribution is -2.43. The summed E-state index contributed by atoms with van der Waals surface area (Å²) >= 11 is 0. The molecule has 0 fully saturated rings. The molecule has 0 bridgehead atoms. The topological polar surface area (TPSA) is 115 Å². The van der Waals surface area contributed by atoms with Gasteiger partial charge in [0.15, 0.2) is 5.92 Å². The van der Waals surface area contributed by atoms with Crippen LogP contribution >= 0.6 is 0 Å². The van der Waals surface area contributed by atoms with E-state index in [1.54, 1.807) is 30.3 Å². The Hall–Kier alpha value is -2.37. The average molecular weight is 221 g/mol. The number of carbonyl (C=O) groups is 3. The van der Waals surface area contributed by atoms with Crippen LogP contribution in [-0.2, 0) is 14.4 Å². The quantitative estimate of drug-likeness (QED) is 0.578. The highest BCUT2D eigenvalue weighted by Gasteiger charge is 2.30. The van der Waals surface area contributed by atoms with Gasteiger partial charge in [-0.05, 0) is 12.1 Å². The molecule has 6 heteroatoms. The second kappa shape index (κ2) is 4.92. The van der Waals surface area contributed by atoms with Gasteiger partial charge in [-0.1, -0.05) is 18.2 Å². The molecule has 6 nitrogen and oxygen atoms in total. The Morgan fingerprint density at radius 1 is 1.00 bits per heavy atom. The maximum absolute atomic E-state index is 11.5. The molecule has 3 amide bonds. The first-order valence-corrected chi connectivity index (χ1v) is 4.47. The second-order valence-electron chi connectivity index (χ2n) is 3.09. The monoisotopic (exact) mass is 221 g/mol. The molecule has 0 aliphatic heterocycles. The van der Waals surface area contributed by atoms with Crippen LogP contribution in [0.5, 0.6) is 0 Å². The molecule has 0 radical (unpaired) electrons. The lowest BCUT2D eigenvalue weighted by Gasteiger charge is -2.09. The summed E-state index contributed by atoms with van der Waals surface area (Å²) in [5, 5.41) is 2.36. The molecule has 0 aliphatic rings. The van der Waals surface area contributed by atoms with Crippen molar-refractivity contribution in [2.45, 2.75) is 0 Å². The third kappa shape index (κ3) is 2.81. The minimum Gasteiger partial charge on any atom is -0.369 e. The summed E-state index contributed by atoms with van der Waals surface area (Å²) in [6, 6.07) is 8.36. The van der Waals surface area contributed by atoms with E-state index >= 15 is 0 Å². The number of rotatable bonds is 4. The number of amides is 3. The molecular weight excluding hydrogens is 210 g/mol. The van der Waals surface area contributed by atoms with Gasteiger partial charge in [-0.25, -0.2) is 0 Å². The summed E-state index contributed by atoms with van der Waals surface area (Å²) in [7, 11) is 0. The van der Waals surface area contributed by atoms with Crippen LogP contribution in [0.2, 0.25) is 0 Å². The number of nitrogens with two attached hydrogens (primary N) is 2. The minimum atomic E-state index is -1.65. The Balaban J connectivity index is 2.78. The highest BCUT2D eigenvalue weighted by Crippen LogP contribution is 2.07. The predicted molar refractivity (Wildman–Crippen MR) is 57.0 cm³/mol. The van der Waals surface area contributed by atoms with Gasteiger partial charge < -0.3 is 16.8 Å². The lowest BCUT2D eigenvalue weighted by molar-refractivity contribution is -0.137. The van der Waals surface area contributed by atoms with Gasteiger partial charge >= 0.3 is 0 Å². The smallest absolute Gasteiger partial charge is 0.246 e. The van der Waals surface area contributed by atoms with E-state index in [2.05, 4.69) is 5.32 Å². The molecule has 5 N–H and O–H groups in total. The third-order valence-corrected chi connectivity index (χ3v) is 1.87. The van der Waals surface area contributed by atoms with E-state index in [9.17, 15) is 14.4 Å². The molecule has 16 heavy (non-hydrogen) atoms. The van der Waals surface area contributed by atoms with Crippen LogP contribution in [0.25, 0.3) is 0 Å². The first-order valence-electron chi connectivity index (χ1n) is 4.47. The van der Waals surface area contributed by atoms with Crippen LogP contribution in [0.4, 0.5) is 5.69 Å². The normalized spacial score (nSPS) is 9.81. The number of hydrogen-bond donors (Lipinski definition) is 3. The Bertz CT molecular complexity index is 403. The SMILES string of the molecule is NC(=O)C(C(N)=O)C(=O)Nc1ccccc1. The van der Waals surface area contributed by atoms with E-state index in [4.69, 9.17) is 11.5 Å². The van der Waals surface area contributed by atoms with Crippen molar-refractivity contribution in [1.82, 2.24) is 0 Å². The molecule has 0 atom stereocenters. The molecule has 0 spiro atoms. The van der Waals surface area contributed by atoms with Gasteiger partial charge in [0.1, 0.15) is 0 Å². The molecule has 1 rings (SSSR count). The fourth-order valence-electron chi connectivity index (χ4n) is 1.13. The van der Waals surface area contributed by atoms with Crippen molar-refractivity contribution in [3.05, 3.63) is 30.3 Å². The molecule has 1 aromatic carbocycles. The zero-order valence-corrected chi connectivity index (χ0v) is 8.34. The van der Waals surface area contributed by atoms with E-state index in [0.717, 1.165) is 0 Å². The summed E-state index contributed by atoms with van der Waals surface area (Å²) < 4.78 is 0. The van der Waals surface area contributed by atoms with E-state index < -0.39 is 23.6 Å². The summed E-state index contributed by atoms with van der Waals surface area (Å²) in [6.45, 7) is 0. The molecule has 0 aromatic heterocycles. The van der Waals surface area contributed by atoms with Gasteiger partial charge in [0, 0.05) is 5.69 Å². The minimum absolute atomic E-state index is 0.458. The van der Waals surface area contributed by atoms with Crippen molar-refractivity contribution in [3.63, 3.8) is 0 Å². The number of primary amides is 2. The Morgan fingerprint density at radius 2 is 1.50 bits per heavy atom. The maximum atomic E-state index is 11.5. The second-order valence-corrected chi connectivity index (χ2v) is 3.09. The fourth-order valence-corrected chi connectivity index (χ4v) is 1.13. The standard InChI is InChI=1S/C10H11N3O3/c11-8(14)7(9(12)15)10(16)13-6-4-2-1-3-5-6/h1-5,7H,(H2,11,14)(H2,12,15)(H,13,16). The van der Waals surface area contributed by atoms with Gasteiger partial charge in [0.2, 0.25) is 17.7 Å². The van der Waals surface area contributed by atoms with Crippen LogP contribution in [0.3, 0.4) is 0 Å². The first-order chi connectivity index (χ1) is 7.52. The van der Waals surface area contributed by atoms with E-state index in [-0.39, 0.29) is 0 Å². The molecule has 84 valence electrons. The summed E-state index contributed by atoms with van der Waals surface area (Å²) in [4.78, 5) is 33.1. The average Bonchev–Trinajstić information content (AvgIpc) is 2.17. The predicted octanol–water partition coefficient (Wildman–Crippen LogP) is -0.788. The number of nitrogens with one attached hydrogen (secondary N) is 1. The van der Waals surface area contributed by atoms with Crippen LogP contribution in [0.15, 0.2) is 30.3 Å².